The molecule has 0 atom stereocenters. The number of rotatable bonds is 4. The third-order valence-corrected chi connectivity index (χ3v) is 2.21. The molecule has 0 saturated heterocycles. The fraction of sp³-hybridized carbons (Fsp3) is 0.571. The van der Waals surface area contributed by atoms with Gasteiger partial charge in [-0.15, -0.1) is 5.10 Å². The number of hydrogen-bond donors (Lipinski definition) is 0. The van der Waals surface area contributed by atoms with E-state index in [2.05, 4.69) is 9.59 Å². The molecule has 7 heteroatoms. The molecular formula is C7H7F3N2OS. The molecule has 0 spiro atoms. The summed E-state index contributed by atoms with van der Waals surface area (Å²) in [6.45, 7) is 0. The van der Waals surface area contributed by atoms with Crippen LogP contribution in [0, 0.1) is 0 Å². The first kappa shape index (κ1) is 11.1. The monoisotopic (exact) mass is 224 g/mol. The Hall–Kier alpha value is -0.980. The molecule has 0 aliphatic carbocycles. The van der Waals surface area contributed by atoms with Gasteiger partial charge in [-0.2, -0.15) is 13.2 Å². The molecule has 0 amide bonds. The third kappa shape index (κ3) is 3.82. The van der Waals surface area contributed by atoms with Crippen molar-refractivity contribution in [3.63, 3.8) is 0 Å². The molecule has 0 aliphatic heterocycles. The highest BCUT2D eigenvalue weighted by molar-refractivity contribution is 7.07. The largest absolute Gasteiger partial charge is 0.389 e. The number of ketones is 1. The van der Waals surface area contributed by atoms with Crippen molar-refractivity contribution >= 4 is 17.3 Å². The normalized spacial score (nSPS) is 11.6. The van der Waals surface area contributed by atoms with Crippen molar-refractivity contribution in [2.75, 3.05) is 0 Å². The summed E-state index contributed by atoms with van der Waals surface area (Å²) in [4.78, 5) is 11.5. The molecule has 0 saturated carbocycles. The molecular weight excluding hydrogens is 217 g/mol. The predicted octanol–water partition coefficient (Wildman–Crippen LogP) is 2.45. The van der Waals surface area contributed by atoms with Crippen LogP contribution in [0.5, 0.6) is 0 Å². The van der Waals surface area contributed by atoms with E-state index in [0.717, 1.165) is 11.5 Å². The Labute approximate surface area is 82.1 Å². The molecule has 1 aromatic rings. The Bertz CT molecular complexity index is 296. The van der Waals surface area contributed by atoms with Gasteiger partial charge in [-0.25, -0.2) is 0 Å². The van der Waals surface area contributed by atoms with E-state index in [-0.39, 0.29) is 18.6 Å². The van der Waals surface area contributed by atoms with E-state index in [0.29, 0.717) is 4.88 Å². The number of halogens is 3. The Morgan fingerprint density at radius 3 is 2.71 bits per heavy atom. The topological polar surface area (TPSA) is 42.9 Å². The van der Waals surface area contributed by atoms with E-state index >= 15 is 0 Å². The van der Waals surface area contributed by atoms with Gasteiger partial charge >= 0.3 is 6.18 Å². The van der Waals surface area contributed by atoms with Crippen molar-refractivity contribution in [3.8, 4) is 0 Å². The summed E-state index contributed by atoms with van der Waals surface area (Å²) < 4.78 is 38.6. The number of aromatic nitrogens is 2. The van der Waals surface area contributed by atoms with E-state index in [1.165, 1.54) is 6.20 Å². The van der Waals surface area contributed by atoms with Gasteiger partial charge in [0.2, 0.25) is 0 Å². The molecule has 0 aromatic carbocycles. The van der Waals surface area contributed by atoms with E-state index < -0.39 is 12.6 Å². The summed E-state index contributed by atoms with van der Waals surface area (Å²) in [5.74, 6) is -0.329. The van der Waals surface area contributed by atoms with Crippen LogP contribution in [0.2, 0.25) is 0 Å². The zero-order chi connectivity index (χ0) is 10.6. The molecule has 3 nitrogen and oxygen atoms in total. The van der Waals surface area contributed by atoms with Crippen LogP contribution in [0.4, 0.5) is 13.2 Å². The number of carbonyl (C=O) groups excluding carboxylic acids is 1. The number of carbonyl (C=O) groups is 1. The molecule has 1 aromatic heterocycles. The molecule has 0 radical (unpaired) electrons. The van der Waals surface area contributed by atoms with Crippen LogP contribution in [0.15, 0.2) is 6.20 Å². The summed E-state index contributed by atoms with van der Waals surface area (Å²) in [7, 11) is 0. The SMILES string of the molecule is O=C(CCCC(F)(F)F)c1cnns1. The Morgan fingerprint density at radius 2 is 2.21 bits per heavy atom. The quantitative estimate of drug-likeness (QED) is 0.738. The molecule has 14 heavy (non-hydrogen) atoms. The van der Waals surface area contributed by atoms with Gasteiger partial charge in [0.05, 0.1) is 6.20 Å². The fourth-order valence-corrected chi connectivity index (χ4v) is 1.34. The highest BCUT2D eigenvalue weighted by Gasteiger charge is 2.26. The predicted molar refractivity (Wildman–Crippen MR) is 44.1 cm³/mol. The van der Waals surface area contributed by atoms with Gasteiger partial charge in [-0.1, -0.05) is 4.49 Å². The van der Waals surface area contributed by atoms with E-state index in [1.807, 2.05) is 0 Å². The van der Waals surface area contributed by atoms with Crippen LogP contribution in [-0.2, 0) is 0 Å². The maximum Gasteiger partial charge on any atom is 0.389 e. The Morgan fingerprint density at radius 1 is 1.50 bits per heavy atom. The molecule has 1 rings (SSSR count). The number of nitrogens with zero attached hydrogens (tertiary/aromatic N) is 2. The molecule has 0 unspecified atom stereocenters. The smallest absolute Gasteiger partial charge is 0.293 e. The maximum absolute atomic E-state index is 11.7. The third-order valence-electron chi connectivity index (χ3n) is 1.50. The minimum atomic E-state index is -4.19. The van der Waals surface area contributed by atoms with Gasteiger partial charge in [-0.05, 0) is 18.0 Å². The van der Waals surface area contributed by atoms with Crippen LogP contribution in [0.1, 0.15) is 28.9 Å². The summed E-state index contributed by atoms with van der Waals surface area (Å²) in [6, 6.07) is 0. The summed E-state index contributed by atoms with van der Waals surface area (Å²) >= 11 is 0.897. The summed E-state index contributed by atoms with van der Waals surface area (Å²) in [5.41, 5.74) is 0. The van der Waals surface area contributed by atoms with Crippen LogP contribution in [0.25, 0.3) is 0 Å². The van der Waals surface area contributed by atoms with Gasteiger partial charge < -0.3 is 0 Å². The van der Waals surface area contributed by atoms with Crippen molar-refractivity contribution in [1.29, 1.82) is 0 Å². The van der Waals surface area contributed by atoms with E-state index in [9.17, 15) is 18.0 Å². The molecule has 0 N–H and O–H groups in total. The molecule has 0 fully saturated rings. The van der Waals surface area contributed by atoms with Crippen LogP contribution in [-0.4, -0.2) is 21.5 Å². The van der Waals surface area contributed by atoms with Gasteiger partial charge in [-0.3, -0.25) is 4.79 Å². The maximum atomic E-state index is 11.7. The molecule has 0 aliphatic rings. The average Bonchev–Trinajstić information content (AvgIpc) is 2.53. The standard InChI is InChI=1S/C7H7F3N2OS/c8-7(9,10)3-1-2-5(13)6-4-11-12-14-6/h4H,1-3H2. The fourth-order valence-electron chi connectivity index (χ4n) is 0.863. The first-order chi connectivity index (χ1) is 6.49. The van der Waals surface area contributed by atoms with Crippen LogP contribution < -0.4 is 0 Å². The van der Waals surface area contributed by atoms with E-state index in [4.69, 9.17) is 0 Å². The second-order valence-corrected chi connectivity index (χ2v) is 3.46. The van der Waals surface area contributed by atoms with Crippen molar-refractivity contribution in [3.05, 3.63) is 11.1 Å². The zero-order valence-electron chi connectivity index (χ0n) is 7.04. The average molecular weight is 224 g/mol. The summed E-state index contributed by atoms with van der Waals surface area (Å²) in [5, 5.41) is 3.43. The number of hydrogen-bond acceptors (Lipinski definition) is 4. The van der Waals surface area contributed by atoms with E-state index in [1.54, 1.807) is 0 Å². The van der Waals surface area contributed by atoms with Crippen LogP contribution >= 0.6 is 11.5 Å². The zero-order valence-corrected chi connectivity index (χ0v) is 7.86. The Balaban J connectivity index is 2.30. The minimum Gasteiger partial charge on any atom is -0.293 e. The molecule has 1 heterocycles. The number of Topliss-reactive ketones (excluding diaryl/α,β-unsaturated/α-hetero) is 1. The van der Waals surface area contributed by atoms with Crippen molar-refractivity contribution in [1.82, 2.24) is 9.59 Å². The lowest BCUT2D eigenvalue weighted by Crippen LogP contribution is -2.08. The van der Waals surface area contributed by atoms with Crippen molar-refractivity contribution in [2.45, 2.75) is 25.4 Å². The van der Waals surface area contributed by atoms with Crippen molar-refractivity contribution < 1.29 is 18.0 Å². The van der Waals surface area contributed by atoms with Gasteiger partial charge in [0.15, 0.2) is 5.78 Å². The Kier molecular flexibility index (Phi) is 3.56. The van der Waals surface area contributed by atoms with Gasteiger partial charge in [0.1, 0.15) is 4.88 Å². The lowest BCUT2D eigenvalue weighted by Gasteiger charge is -2.03. The number of alkyl halides is 3. The second kappa shape index (κ2) is 4.50. The summed E-state index contributed by atoms with van der Waals surface area (Å²) in [6.07, 6.45) is -4.14. The van der Waals surface area contributed by atoms with Gasteiger partial charge in [0.25, 0.3) is 0 Å². The first-order valence-corrected chi connectivity index (χ1v) is 4.64. The van der Waals surface area contributed by atoms with Crippen LogP contribution in [0.3, 0.4) is 0 Å². The lowest BCUT2D eigenvalue weighted by atomic mass is 10.1. The molecule has 0 bridgehead atoms. The van der Waals surface area contributed by atoms with Gasteiger partial charge in [0, 0.05) is 12.8 Å². The van der Waals surface area contributed by atoms with Crippen molar-refractivity contribution in [2.24, 2.45) is 0 Å². The minimum absolute atomic E-state index is 0.108. The first-order valence-electron chi connectivity index (χ1n) is 3.86. The highest BCUT2D eigenvalue weighted by Crippen LogP contribution is 2.22. The molecule has 78 valence electrons. The lowest BCUT2D eigenvalue weighted by molar-refractivity contribution is -0.135. The highest BCUT2D eigenvalue weighted by atomic mass is 32.1. The second-order valence-electron chi connectivity index (χ2n) is 2.67.